The van der Waals surface area contributed by atoms with Crippen LogP contribution >= 0.6 is 0 Å². The third kappa shape index (κ3) is 4.58. The Morgan fingerprint density at radius 1 is 0.697 bits per heavy atom. The number of carbonyl (C=O) groups is 2. The average Bonchev–Trinajstić information content (AvgIpc) is 3.11. The zero-order valence-corrected chi connectivity index (χ0v) is 20.6. The lowest BCUT2D eigenvalue weighted by Gasteiger charge is -2.43. The maximum absolute atomic E-state index is 13.6. The Morgan fingerprint density at radius 3 is 1.45 bits per heavy atom. The molecule has 2 aromatic carbocycles. The van der Waals surface area contributed by atoms with Gasteiger partial charge in [-0.2, -0.15) is 0 Å². The minimum absolute atomic E-state index is 0.219. The SMILES string of the molecule is CCCCC(C(=O)OCC)C1(C(CCCC)C(=O)OCC)c2ccccc2-c2ccccc21. The van der Waals surface area contributed by atoms with Crippen molar-refractivity contribution in [2.45, 2.75) is 71.6 Å². The van der Waals surface area contributed by atoms with Gasteiger partial charge in [-0.3, -0.25) is 9.59 Å². The summed E-state index contributed by atoms with van der Waals surface area (Å²) in [4.78, 5) is 27.3. The molecule has 1 aliphatic rings. The fourth-order valence-electron chi connectivity index (χ4n) is 5.66. The highest BCUT2D eigenvalue weighted by atomic mass is 16.5. The lowest BCUT2D eigenvalue weighted by atomic mass is 9.58. The normalized spacial score (nSPS) is 15.3. The van der Waals surface area contributed by atoms with Crippen molar-refractivity contribution in [3.63, 3.8) is 0 Å². The van der Waals surface area contributed by atoms with Crippen LogP contribution in [0.3, 0.4) is 0 Å². The molecular formula is C29H38O4. The monoisotopic (exact) mass is 450 g/mol. The largest absolute Gasteiger partial charge is 0.466 e. The van der Waals surface area contributed by atoms with Gasteiger partial charge in [-0.1, -0.05) is 88.1 Å². The van der Waals surface area contributed by atoms with Crippen LogP contribution in [0.1, 0.15) is 77.3 Å². The second-order valence-electron chi connectivity index (χ2n) is 8.85. The molecule has 0 N–H and O–H groups in total. The van der Waals surface area contributed by atoms with Gasteiger partial charge in [0.15, 0.2) is 0 Å². The molecule has 0 saturated carbocycles. The third-order valence-electron chi connectivity index (χ3n) is 6.97. The quantitative estimate of drug-likeness (QED) is 0.338. The number of esters is 2. The van der Waals surface area contributed by atoms with Gasteiger partial charge in [-0.05, 0) is 48.9 Å². The van der Waals surface area contributed by atoms with Gasteiger partial charge in [0.2, 0.25) is 0 Å². The number of carbonyl (C=O) groups excluding carboxylic acids is 2. The van der Waals surface area contributed by atoms with E-state index in [0.29, 0.717) is 26.1 Å². The smallest absolute Gasteiger partial charge is 0.310 e. The first-order chi connectivity index (χ1) is 16.1. The first-order valence-electron chi connectivity index (χ1n) is 12.6. The number of hydrogen-bond acceptors (Lipinski definition) is 4. The predicted octanol–water partition coefficient (Wildman–Crippen LogP) is 6.69. The van der Waals surface area contributed by atoms with E-state index in [9.17, 15) is 9.59 Å². The van der Waals surface area contributed by atoms with Crippen LogP contribution in [-0.2, 0) is 24.5 Å². The maximum Gasteiger partial charge on any atom is 0.310 e. The molecule has 0 aromatic heterocycles. The molecule has 0 spiro atoms. The van der Waals surface area contributed by atoms with E-state index in [0.717, 1.165) is 47.9 Å². The van der Waals surface area contributed by atoms with Crippen LogP contribution in [0.4, 0.5) is 0 Å². The van der Waals surface area contributed by atoms with E-state index in [1.165, 1.54) is 0 Å². The van der Waals surface area contributed by atoms with Crippen molar-refractivity contribution in [1.29, 1.82) is 0 Å². The molecule has 178 valence electrons. The van der Waals surface area contributed by atoms with E-state index in [4.69, 9.17) is 9.47 Å². The Balaban J connectivity index is 2.37. The summed E-state index contributed by atoms with van der Waals surface area (Å²) in [6.07, 6.45) is 5.04. The van der Waals surface area contributed by atoms with Crippen LogP contribution in [0, 0.1) is 11.8 Å². The molecule has 2 atom stereocenters. The molecule has 3 rings (SSSR count). The minimum Gasteiger partial charge on any atom is -0.466 e. The summed E-state index contributed by atoms with van der Waals surface area (Å²) in [5.41, 5.74) is 3.49. The topological polar surface area (TPSA) is 52.6 Å². The Hall–Kier alpha value is -2.62. The Morgan fingerprint density at radius 2 is 1.09 bits per heavy atom. The second kappa shape index (κ2) is 11.5. The van der Waals surface area contributed by atoms with Crippen LogP contribution in [0.15, 0.2) is 48.5 Å². The van der Waals surface area contributed by atoms with E-state index >= 15 is 0 Å². The van der Waals surface area contributed by atoms with Gasteiger partial charge in [0, 0.05) is 5.41 Å². The van der Waals surface area contributed by atoms with Gasteiger partial charge in [0.05, 0.1) is 25.0 Å². The summed E-state index contributed by atoms with van der Waals surface area (Å²) in [6.45, 7) is 8.59. The zero-order chi connectivity index (χ0) is 23.8. The molecule has 2 aromatic rings. The summed E-state index contributed by atoms with van der Waals surface area (Å²) in [7, 11) is 0. The lowest BCUT2D eigenvalue weighted by Crippen LogP contribution is -2.49. The first-order valence-corrected chi connectivity index (χ1v) is 12.6. The van der Waals surface area contributed by atoms with E-state index in [1.54, 1.807) is 0 Å². The molecule has 0 aliphatic heterocycles. The van der Waals surface area contributed by atoms with E-state index in [2.05, 4.69) is 38.1 Å². The Labute approximate surface area is 198 Å². The van der Waals surface area contributed by atoms with Gasteiger partial charge in [-0.15, -0.1) is 0 Å². The van der Waals surface area contributed by atoms with Gasteiger partial charge >= 0.3 is 11.9 Å². The highest BCUT2D eigenvalue weighted by Gasteiger charge is 2.58. The van der Waals surface area contributed by atoms with Crippen LogP contribution in [0.2, 0.25) is 0 Å². The summed E-state index contributed by atoms with van der Waals surface area (Å²) < 4.78 is 11.3. The molecule has 4 nitrogen and oxygen atoms in total. The van der Waals surface area contributed by atoms with E-state index in [-0.39, 0.29) is 11.9 Å². The van der Waals surface area contributed by atoms with E-state index < -0.39 is 17.3 Å². The van der Waals surface area contributed by atoms with Crippen molar-refractivity contribution in [1.82, 2.24) is 0 Å². The summed E-state index contributed by atoms with van der Waals surface area (Å²) in [5, 5.41) is 0. The lowest BCUT2D eigenvalue weighted by molar-refractivity contribution is -0.157. The molecule has 0 bridgehead atoms. The Kier molecular flexibility index (Phi) is 8.71. The molecule has 0 amide bonds. The minimum atomic E-state index is -0.809. The number of benzene rings is 2. The molecule has 0 saturated heterocycles. The predicted molar refractivity (Wildman–Crippen MR) is 132 cm³/mol. The van der Waals surface area contributed by atoms with Gasteiger partial charge in [0.1, 0.15) is 0 Å². The fraction of sp³-hybridized carbons (Fsp3) is 0.517. The van der Waals surface area contributed by atoms with Gasteiger partial charge in [0.25, 0.3) is 0 Å². The molecule has 33 heavy (non-hydrogen) atoms. The molecule has 4 heteroatoms. The van der Waals surface area contributed by atoms with Crippen molar-refractivity contribution < 1.29 is 19.1 Å². The number of fused-ring (bicyclic) bond motifs is 3. The van der Waals surface area contributed by atoms with Crippen molar-refractivity contribution in [2.75, 3.05) is 13.2 Å². The van der Waals surface area contributed by atoms with Crippen molar-refractivity contribution in [3.05, 3.63) is 59.7 Å². The molecule has 1 aliphatic carbocycles. The highest BCUT2D eigenvalue weighted by Crippen LogP contribution is 2.59. The summed E-state index contributed by atoms with van der Waals surface area (Å²) in [5.74, 6) is -1.37. The first kappa shape index (κ1) is 25.0. The third-order valence-corrected chi connectivity index (χ3v) is 6.97. The average molecular weight is 451 g/mol. The van der Waals surface area contributed by atoms with Crippen molar-refractivity contribution in [2.24, 2.45) is 11.8 Å². The van der Waals surface area contributed by atoms with Crippen LogP contribution in [0.5, 0.6) is 0 Å². The van der Waals surface area contributed by atoms with Crippen LogP contribution < -0.4 is 0 Å². The molecule has 0 heterocycles. The fourth-order valence-corrected chi connectivity index (χ4v) is 5.66. The van der Waals surface area contributed by atoms with E-state index in [1.807, 2.05) is 38.1 Å². The van der Waals surface area contributed by atoms with Crippen LogP contribution in [-0.4, -0.2) is 25.2 Å². The number of ether oxygens (including phenoxy) is 2. The highest BCUT2D eigenvalue weighted by molar-refractivity contribution is 5.90. The van der Waals surface area contributed by atoms with Crippen molar-refractivity contribution >= 4 is 11.9 Å². The maximum atomic E-state index is 13.6. The molecule has 0 radical (unpaired) electrons. The zero-order valence-electron chi connectivity index (χ0n) is 20.6. The molecular weight excluding hydrogens is 412 g/mol. The molecule has 2 unspecified atom stereocenters. The standard InChI is InChI=1S/C29H38O4/c1-5-9-17-25(27(30)32-7-3)29(26(18-10-6-2)28(31)33-8-4)23-19-13-11-15-21(23)22-16-12-14-20-24(22)29/h11-16,19-20,25-26H,5-10,17-18H2,1-4H3. The van der Waals surface area contributed by atoms with Crippen molar-refractivity contribution in [3.8, 4) is 11.1 Å². The second-order valence-corrected chi connectivity index (χ2v) is 8.85. The number of rotatable bonds is 12. The Bertz CT molecular complexity index is 871. The number of hydrogen-bond donors (Lipinski definition) is 0. The van der Waals surface area contributed by atoms with Gasteiger partial charge < -0.3 is 9.47 Å². The summed E-state index contributed by atoms with van der Waals surface area (Å²) in [6, 6.07) is 16.5. The number of unbranched alkanes of at least 4 members (excludes halogenated alkanes) is 2. The van der Waals surface area contributed by atoms with Crippen LogP contribution in [0.25, 0.3) is 11.1 Å². The summed E-state index contributed by atoms with van der Waals surface area (Å²) >= 11 is 0. The van der Waals surface area contributed by atoms with Gasteiger partial charge in [-0.25, -0.2) is 0 Å². The molecule has 0 fully saturated rings.